The lowest BCUT2D eigenvalue weighted by molar-refractivity contribution is 0.145. The van der Waals surface area contributed by atoms with Crippen molar-refractivity contribution in [1.82, 2.24) is 0 Å². The van der Waals surface area contributed by atoms with Crippen LogP contribution in [0.5, 0.6) is 0 Å². The highest BCUT2D eigenvalue weighted by Crippen LogP contribution is 2.18. The van der Waals surface area contributed by atoms with Gasteiger partial charge in [0.15, 0.2) is 0 Å². The third-order valence-electron chi connectivity index (χ3n) is 0.756. The summed E-state index contributed by atoms with van der Waals surface area (Å²) in [6.45, 7) is 5.78. The minimum Gasteiger partial charge on any atom is -0.397 e. The van der Waals surface area contributed by atoms with Gasteiger partial charge in [-0.25, -0.2) is 0 Å². The first-order valence-electron chi connectivity index (χ1n) is 3.60. The van der Waals surface area contributed by atoms with E-state index < -0.39 is 5.34 Å². The number of hydrogen-bond donors (Lipinski definition) is 2. The van der Waals surface area contributed by atoms with Gasteiger partial charge in [-0.3, -0.25) is 0 Å². The van der Waals surface area contributed by atoms with Crippen LogP contribution in [0.15, 0.2) is 0 Å². The van der Waals surface area contributed by atoms with E-state index in [1.165, 1.54) is 0 Å². The Kier molecular flexibility index (Phi) is 9.68. The quantitative estimate of drug-likeness (QED) is 0.608. The molecule has 0 spiro atoms. The molecule has 0 radical (unpaired) electrons. The highest BCUT2D eigenvalue weighted by atomic mass is 31.0. The van der Waals surface area contributed by atoms with Crippen LogP contribution in [0.2, 0.25) is 0 Å². The second-order valence-corrected chi connectivity index (χ2v) is 3.67. The molecule has 2 N–H and O–H groups in total. The van der Waals surface area contributed by atoms with Crippen molar-refractivity contribution >= 4 is 9.24 Å². The van der Waals surface area contributed by atoms with Crippen LogP contribution in [0.25, 0.3) is 0 Å². The maximum atomic E-state index is 8.98. The maximum Gasteiger partial charge on any atom is 0.0750 e. The van der Waals surface area contributed by atoms with E-state index in [9.17, 15) is 0 Å². The first-order chi connectivity index (χ1) is 4.47. The molecule has 2 nitrogen and oxygen atoms in total. The second-order valence-electron chi connectivity index (χ2n) is 2.42. The fourth-order valence-electron chi connectivity index (χ4n) is 0.506. The molecule has 0 saturated carbocycles. The lowest BCUT2D eigenvalue weighted by Crippen LogP contribution is -2.11. The van der Waals surface area contributed by atoms with Crippen LogP contribution in [0.4, 0.5) is 0 Å². The van der Waals surface area contributed by atoms with Crippen molar-refractivity contribution in [2.75, 3.05) is 6.61 Å². The van der Waals surface area contributed by atoms with Crippen molar-refractivity contribution < 1.29 is 10.2 Å². The molecular weight excluding hydrogens is 147 g/mol. The molecule has 0 heterocycles. The molecule has 10 heavy (non-hydrogen) atoms. The molecule has 0 aromatic rings. The Hall–Kier alpha value is 0.350. The average Bonchev–Trinajstić information content (AvgIpc) is 1.63. The van der Waals surface area contributed by atoms with Crippen molar-refractivity contribution in [2.24, 2.45) is 0 Å². The van der Waals surface area contributed by atoms with Gasteiger partial charge >= 0.3 is 0 Å². The zero-order valence-electron chi connectivity index (χ0n) is 7.09. The van der Waals surface area contributed by atoms with E-state index in [-0.39, 0.29) is 6.61 Å². The zero-order valence-corrected chi connectivity index (χ0v) is 8.25. The molecule has 0 bridgehead atoms. The summed E-state index contributed by atoms with van der Waals surface area (Å²) in [6, 6.07) is 0. The van der Waals surface area contributed by atoms with E-state index >= 15 is 0 Å². The Morgan fingerprint density at radius 3 is 1.70 bits per heavy atom. The number of hydrogen-bond acceptors (Lipinski definition) is 2. The molecule has 2 unspecified atom stereocenters. The minimum absolute atomic E-state index is 0.250. The number of aliphatic hydroxyl groups excluding tert-OH is 1. The molecule has 3 heteroatoms. The third-order valence-corrected chi connectivity index (χ3v) is 1.04. The third kappa shape index (κ3) is 23.8. The molecule has 2 atom stereocenters. The number of aliphatic hydroxyl groups is 2. The Balaban J connectivity index is 0. The van der Waals surface area contributed by atoms with E-state index in [0.29, 0.717) is 0 Å². The molecule has 0 saturated heterocycles. The predicted octanol–water partition coefficient (Wildman–Crippen LogP) is 1.37. The van der Waals surface area contributed by atoms with Crippen LogP contribution < -0.4 is 0 Å². The van der Waals surface area contributed by atoms with Gasteiger partial charge in [-0.1, -0.05) is 13.3 Å². The van der Waals surface area contributed by atoms with Crippen LogP contribution in [0, 0.1) is 0 Å². The summed E-state index contributed by atoms with van der Waals surface area (Å²) in [5.41, 5.74) is 0. The molecular formula is C7H19O2P. The summed E-state index contributed by atoms with van der Waals surface area (Å²) in [5.74, 6) is 0. The summed E-state index contributed by atoms with van der Waals surface area (Å²) in [6.07, 6.45) is 1.90. The molecule has 0 aliphatic carbocycles. The predicted molar refractivity (Wildman–Crippen MR) is 48.0 cm³/mol. The van der Waals surface area contributed by atoms with Gasteiger partial charge in [-0.15, -0.1) is 9.24 Å². The Bertz CT molecular complexity index is 59.1. The van der Waals surface area contributed by atoms with Gasteiger partial charge in [0.1, 0.15) is 0 Å². The molecule has 64 valence electrons. The van der Waals surface area contributed by atoms with Crippen LogP contribution in [-0.2, 0) is 0 Å². The molecule has 0 aromatic carbocycles. The van der Waals surface area contributed by atoms with Gasteiger partial charge in [0.2, 0.25) is 0 Å². The average molecular weight is 166 g/mol. The van der Waals surface area contributed by atoms with Crippen LogP contribution in [0.1, 0.15) is 33.6 Å². The van der Waals surface area contributed by atoms with E-state index in [1.807, 2.05) is 0 Å². The monoisotopic (exact) mass is 166 g/mol. The van der Waals surface area contributed by atoms with E-state index in [4.69, 9.17) is 10.2 Å². The highest BCUT2D eigenvalue weighted by Gasteiger charge is 2.08. The van der Waals surface area contributed by atoms with E-state index in [0.717, 1.165) is 12.8 Å². The second kappa shape index (κ2) is 7.46. The van der Waals surface area contributed by atoms with Crippen molar-refractivity contribution in [3.05, 3.63) is 0 Å². The van der Waals surface area contributed by atoms with Crippen molar-refractivity contribution in [1.29, 1.82) is 0 Å². The van der Waals surface area contributed by atoms with Crippen molar-refractivity contribution in [2.45, 2.75) is 39.0 Å². The first-order valence-corrected chi connectivity index (χ1v) is 4.17. The molecule has 0 aromatic heterocycles. The summed E-state index contributed by atoms with van der Waals surface area (Å²) >= 11 is 0. The van der Waals surface area contributed by atoms with Gasteiger partial charge in [0.05, 0.1) is 5.34 Å². The van der Waals surface area contributed by atoms with Crippen molar-refractivity contribution in [3.8, 4) is 0 Å². The molecule has 0 amide bonds. The topological polar surface area (TPSA) is 40.5 Å². The Morgan fingerprint density at radius 1 is 1.40 bits per heavy atom. The fraction of sp³-hybridized carbons (Fsp3) is 1.00. The Morgan fingerprint density at radius 2 is 1.70 bits per heavy atom. The largest absolute Gasteiger partial charge is 0.397 e. The standard InChI is InChI=1S/C5H13OP.C2H6O/c1-3-4-5(2,6)7;1-2-3/h6H,3-4,7H2,1-2H3;3H,2H2,1H3. The molecule has 0 fully saturated rings. The van der Waals surface area contributed by atoms with Gasteiger partial charge < -0.3 is 10.2 Å². The van der Waals surface area contributed by atoms with E-state index in [2.05, 4.69) is 16.2 Å². The SMILES string of the molecule is CCCC(C)(O)P.CCO. The lowest BCUT2D eigenvalue weighted by Gasteiger charge is -2.13. The van der Waals surface area contributed by atoms with Crippen LogP contribution in [0.3, 0.4) is 0 Å². The van der Waals surface area contributed by atoms with Crippen molar-refractivity contribution in [3.63, 3.8) is 0 Å². The van der Waals surface area contributed by atoms with Gasteiger partial charge in [0, 0.05) is 6.61 Å². The van der Waals surface area contributed by atoms with Crippen LogP contribution >= 0.6 is 9.24 Å². The van der Waals surface area contributed by atoms with Gasteiger partial charge in [-0.05, 0) is 20.3 Å². The summed E-state index contributed by atoms with van der Waals surface area (Å²) in [7, 11) is 2.39. The smallest absolute Gasteiger partial charge is 0.0750 e. The summed E-state index contributed by atoms with van der Waals surface area (Å²) < 4.78 is 0. The van der Waals surface area contributed by atoms with Crippen LogP contribution in [-0.4, -0.2) is 22.2 Å². The Labute approximate surface area is 65.9 Å². The molecule has 0 rings (SSSR count). The first kappa shape index (κ1) is 13.0. The highest BCUT2D eigenvalue weighted by molar-refractivity contribution is 7.18. The molecule has 0 aliphatic rings. The zero-order chi connectivity index (χ0) is 8.62. The normalized spacial score (nSPS) is 15.0. The summed E-state index contributed by atoms with van der Waals surface area (Å²) in [5, 5.41) is 16.0. The minimum atomic E-state index is -0.533. The van der Waals surface area contributed by atoms with Gasteiger partial charge in [0.25, 0.3) is 0 Å². The van der Waals surface area contributed by atoms with Gasteiger partial charge in [-0.2, -0.15) is 0 Å². The summed E-state index contributed by atoms with van der Waals surface area (Å²) in [4.78, 5) is 0. The molecule has 0 aliphatic heterocycles. The number of rotatable bonds is 2. The maximum absolute atomic E-state index is 8.98. The lowest BCUT2D eigenvalue weighted by atomic mass is 10.2. The fourth-order valence-corrected chi connectivity index (χ4v) is 0.795. The van der Waals surface area contributed by atoms with E-state index in [1.54, 1.807) is 13.8 Å².